The number of nitrogens with zero attached hydrogens (tertiary/aromatic N) is 3. The van der Waals surface area contributed by atoms with E-state index in [9.17, 15) is 4.79 Å². The lowest BCUT2D eigenvalue weighted by molar-refractivity contribution is 0.181. The number of hydrogen-bond acceptors (Lipinski definition) is 6. The van der Waals surface area contributed by atoms with Crippen LogP contribution in [0.5, 0.6) is 23.0 Å². The highest BCUT2D eigenvalue weighted by atomic mass is 16.5. The average Bonchev–Trinajstić information content (AvgIpc) is 3.05. The van der Waals surface area contributed by atoms with Gasteiger partial charge in [-0.3, -0.25) is 0 Å². The van der Waals surface area contributed by atoms with Crippen LogP contribution in [0.2, 0.25) is 0 Å². The topological polar surface area (TPSA) is 75.6 Å². The number of benzene rings is 3. The number of carbonyl (C=O) groups is 1. The molecule has 3 aromatic carbocycles. The monoisotopic (exact) mass is 472 g/mol. The van der Waals surface area contributed by atoms with Crippen molar-refractivity contribution in [3.8, 4) is 23.0 Å². The third-order valence-electron chi connectivity index (χ3n) is 6.20. The lowest BCUT2D eigenvalue weighted by Crippen LogP contribution is -2.51. The standard InChI is InChI=1S/C27H28N4O4/c1-18-8-10-22-25(16-18)35-23-11-9-19(33-2)17-20(23)26(28-22)30-12-14-31(15-13-30)27(32)29-21-6-4-5-7-24(21)34-3/h4-11,16-17H,12-15H2,1-3H3,(H,29,32). The van der Waals surface area contributed by atoms with Gasteiger partial charge in [0.15, 0.2) is 5.75 Å². The van der Waals surface area contributed by atoms with E-state index in [0.717, 1.165) is 39.9 Å². The summed E-state index contributed by atoms with van der Waals surface area (Å²) >= 11 is 0. The molecule has 3 aromatic rings. The van der Waals surface area contributed by atoms with E-state index in [1.807, 2.05) is 67.6 Å². The van der Waals surface area contributed by atoms with Crippen molar-refractivity contribution in [1.82, 2.24) is 9.80 Å². The fourth-order valence-corrected chi connectivity index (χ4v) is 4.29. The number of amidine groups is 1. The van der Waals surface area contributed by atoms with Gasteiger partial charge in [0.05, 0.1) is 25.5 Å². The Kier molecular flexibility index (Phi) is 6.18. The molecule has 0 radical (unpaired) electrons. The van der Waals surface area contributed by atoms with Gasteiger partial charge in [0.2, 0.25) is 0 Å². The largest absolute Gasteiger partial charge is 0.497 e. The summed E-state index contributed by atoms with van der Waals surface area (Å²) in [4.78, 5) is 21.9. The number of rotatable bonds is 3. The first-order valence-corrected chi connectivity index (χ1v) is 11.5. The van der Waals surface area contributed by atoms with Crippen LogP contribution in [0, 0.1) is 6.92 Å². The van der Waals surface area contributed by atoms with Crippen LogP contribution in [0.15, 0.2) is 65.7 Å². The Morgan fingerprint density at radius 2 is 1.74 bits per heavy atom. The molecule has 0 saturated carbocycles. The van der Waals surface area contributed by atoms with E-state index in [1.54, 1.807) is 19.1 Å². The zero-order chi connectivity index (χ0) is 24.4. The Hall–Kier alpha value is -4.20. The molecule has 35 heavy (non-hydrogen) atoms. The molecule has 8 nitrogen and oxygen atoms in total. The fourth-order valence-electron chi connectivity index (χ4n) is 4.29. The second kappa shape index (κ2) is 9.58. The molecule has 0 spiro atoms. The summed E-state index contributed by atoms with van der Waals surface area (Å²) in [6, 6.07) is 19.0. The van der Waals surface area contributed by atoms with E-state index in [0.29, 0.717) is 37.6 Å². The first kappa shape index (κ1) is 22.6. The smallest absolute Gasteiger partial charge is 0.322 e. The Labute approximate surface area is 204 Å². The first-order chi connectivity index (χ1) is 17.1. The maximum absolute atomic E-state index is 12.9. The van der Waals surface area contributed by atoms with Crippen LogP contribution in [0.1, 0.15) is 11.1 Å². The number of urea groups is 1. The molecule has 2 aliphatic heterocycles. The highest BCUT2D eigenvalue weighted by molar-refractivity contribution is 6.04. The van der Waals surface area contributed by atoms with Crippen molar-refractivity contribution in [1.29, 1.82) is 0 Å². The Morgan fingerprint density at radius 3 is 2.51 bits per heavy atom. The van der Waals surface area contributed by atoms with Crippen molar-refractivity contribution in [3.05, 3.63) is 71.8 Å². The lowest BCUT2D eigenvalue weighted by atomic mass is 10.1. The normalized spacial score (nSPS) is 14.7. The average molecular weight is 473 g/mol. The summed E-state index contributed by atoms with van der Waals surface area (Å²) in [7, 11) is 3.24. The minimum atomic E-state index is -0.150. The molecule has 1 saturated heterocycles. The quantitative estimate of drug-likeness (QED) is 0.578. The molecule has 8 heteroatoms. The van der Waals surface area contributed by atoms with Gasteiger partial charge in [-0.25, -0.2) is 9.79 Å². The van der Waals surface area contributed by atoms with E-state index in [4.69, 9.17) is 19.2 Å². The number of amides is 2. The molecular weight excluding hydrogens is 444 g/mol. The van der Waals surface area contributed by atoms with E-state index in [-0.39, 0.29) is 6.03 Å². The maximum atomic E-state index is 12.9. The minimum absolute atomic E-state index is 0.150. The number of anilines is 1. The van der Waals surface area contributed by atoms with Crippen LogP contribution < -0.4 is 19.5 Å². The number of piperazine rings is 1. The van der Waals surface area contributed by atoms with Gasteiger partial charge in [-0.1, -0.05) is 18.2 Å². The summed E-state index contributed by atoms with van der Waals surface area (Å²) in [5.41, 5.74) is 3.40. The summed E-state index contributed by atoms with van der Waals surface area (Å²) in [5.74, 6) is 3.63. The molecule has 0 bridgehead atoms. The summed E-state index contributed by atoms with van der Waals surface area (Å²) in [6.45, 7) is 4.41. The predicted molar refractivity (Wildman–Crippen MR) is 136 cm³/mol. The van der Waals surface area contributed by atoms with Gasteiger partial charge in [-0.15, -0.1) is 0 Å². The number of carbonyl (C=O) groups excluding carboxylic acids is 1. The van der Waals surface area contributed by atoms with Crippen LogP contribution in [0.4, 0.5) is 16.2 Å². The number of aryl methyl sites for hydroxylation is 1. The summed E-state index contributed by atoms with van der Waals surface area (Å²) in [5, 5.41) is 2.96. The lowest BCUT2D eigenvalue weighted by Gasteiger charge is -2.36. The molecule has 0 aromatic heterocycles. The maximum Gasteiger partial charge on any atom is 0.322 e. The second-order valence-corrected chi connectivity index (χ2v) is 8.48. The van der Waals surface area contributed by atoms with E-state index < -0.39 is 0 Å². The van der Waals surface area contributed by atoms with Crippen LogP contribution >= 0.6 is 0 Å². The Bertz CT molecular complexity index is 1280. The van der Waals surface area contributed by atoms with Gasteiger partial charge < -0.3 is 29.3 Å². The molecule has 5 rings (SSSR count). The number of fused-ring (bicyclic) bond motifs is 2. The van der Waals surface area contributed by atoms with Crippen LogP contribution in [0.25, 0.3) is 0 Å². The van der Waals surface area contributed by atoms with Crippen molar-refractivity contribution >= 4 is 23.2 Å². The van der Waals surface area contributed by atoms with Gasteiger partial charge in [0.1, 0.15) is 28.8 Å². The molecule has 1 fully saturated rings. The van der Waals surface area contributed by atoms with E-state index >= 15 is 0 Å². The number of ether oxygens (including phenoxy) is 3. The highest BCUT2D eigenvalue weighted by Crippen LogP contribution is 2.40. The Balaban J connectivity index is 1.38. The first-order valence-electron chi connectivity index (χ1n) is 11.5. The number of hydrogen-bond donors (Lipinski definition) is 1. The molecule has 0 aliphatic carbocycles. The Morgan fingerprint density at radius 1 is 0.943 bits per heavy atom. The van der Waals surface area contributed by atoms with Crippen molar-refractivity contribution in [2.24, 2.45) is 4.99 Å². The molecule has 2 amide bonds. The van der Waals surface area contributed by atoms with Crippen LogP contribution in [-0.2, 0) is 0 Å². The fraction of sp³-hybridized carbons (Fsp3) is 0.259. The van der Waals surface area contributed by atoms with Gasteiger partial charge >= 0.3 is 6.03 Å². The molecule has 2 aliphatic rings. The minimum Gasteiger partial charge on any atom is -0.497 e. The van der Waals surface area contributed by atoms with Crippen molar-refractivity contribution < 1.29 is 19.0 Å². The van der Waals surface area contributed by atoms with Gasteiger partial charge in [0.25, 0.3) is 0 Å². The number of aliphatic imine (C=N–C) groups is 1. The van der Waals surface area contributed by atoms with Crippen molar-refractivity contribution in [2.75, 3.05) is 45.7 Å². The van der Waals surface area contributed by atoms with Gasteiger partial charge in [-0.05, 0) is 55.0 Å². The molecule has 0 atom stereocenters. The summed E-state index contributed by atoms with van der Waals surface area (Å²) < 4.78 is 17.1. The molecule has 2 heterocycles. The van der Waals surface area contributed by atoms with Crippen LogP contribution in [-0.4, -0.2) is 62.1 Å². The SMILES string of the molecule is COc1ccc2c(c1)C(N1CCN(C(=O)Nc3ccccc3OC)CC1)=Nc1ccc(C)cc1O2. The summed E-state index contributed by atoms with van der Waals surface area (Å²) in [6.07, 6.45) is 0. The predicted octanol–water partition coefficient (Wildman–Crippen LogP) is 5.05. The third kappa shape index (κ3) is 4.59. The van der Waals surface area contributed by atoms with Crippen molar-refractivity contribution in [2.45, 2.75) is 6.92 Å². The molecule has 1 N–H and O–H groups in total. The molecule has 180 valence electrons. The molecule has 0 unspecified atom stereocenters. The van der Waals surface area contributed by atoms with Gasteiger partial charge in [-0.2, -0.15) is 0 Å². The van der Waals surface area contributed by atoms with Crippen molar-refractivity contribution in [3.63, 3.8) is 0 Å². The molecular formula is C27H28N4O4. The second-order valence-electron chi connectivity index (χ2n) is 8.48. The zero-order valence-electron chi connectivity index (χ0n) is 20.1. The third-order valence-corrected chi connectivity index (χ3v) is 6.20. The van der Waals surface area contributed by atoms with E-state index in [1.165, 1.54) is 0 Å². The zero-order valence-corrected chi connectivity index (χ0v) is 20.1. The van der Waals surface area contributed by atoms with E-state index in [2.05, 4.69) is 10.2 Å². The number of para-hydroxylation sites is 2. The number of methoxy groups -OCH3 is 2. The van der Waals surface area contributed by atoms with Gasteiger partial charge in [0, 0.05) is 26.2 Å². The highest BCUT2D eigenvalue weighted by Gasteiger charge is 2.28. The van der Waals surface area contributed by atoms with Crippen LogP contribution in [0.3, 0.4) is 0 Å². The number of nitrogens with one attached hydrogen (secondary N) is 1.